The van der Waals surface area contributed by atoms with Crippen LogP contribution in [0.25, 0.3) is 0 Å². The Kier molecular flexibility index (Phi) is 5.31. The topological polar surface area (TPSA) is 48.5 Å². The molecule has 1 aromatic heterocycles. The second kappa shape index (κ2) is 7.00. The van der Waals surface area contributed by atoms with Crippen molar-refractivity contribution in [2.24, 2.45) is 0 Å². The standard InChI is InChI=1S/C16H26N4O/c1-4-19-9-11-20(12-10-19)16(2,3)13-18-15(21)14-5-7-17-8-6-14/h5-8H,4,9-13H2,1-3H3,(H,18,21). The molecule has 2 rings (SSSR count). The fourth-order valence-electron chi connectivity index (χ4n) is 2.68. The number of aromatic nitrogens is 1. The monoisotopic (exact) mass is 290 g/mol. The Balaban J connectivity index is 1.85. The van der Waals surface area contributed by atoms with Crippen molar-refractivity contribution < 1.29 is 4.79 Å². The van der Waals surface area contributed by atoms with E-state index < -0.39 is 0 Å². The lowest BCUT2D eigenvalue weighted by molar-refractivity contribution is 0.0521. The van der Waals surface area contributed by atoms with Crippen LogP contribution in [0.5, 0.6) is 0 Å². The molecule has 1 aliphatic rings. The highest BCUT2D eigenvalue weighted by Crippen LogP contribution is 2.16. The number of hydrogen-bond donors (Lipinski definition) is 1. The molecule has 1 aliphatic heterocycles. The van der Waals surface area contributed by atoms with Crippen LogP contribution in [0.3, 0.4) is 0 Å². The number of hydrogen-bond acceptors (Lipinski definition) is 4. The number of pyridine rings is 1. The Morgan fingerprint density at radius 2 is 1.86 bits per heavy atom. The maximum atomic E-state index is 12.1. The van der Waals surface area contributed by atoms with E-state index in [4.69, 9.17) is 0 Å². The minimum absolute atomic E-state index is 0.0253. The Morgan fingerprint density at radius 1 is 1.24 bits per heavy atom. The fraction of sp³-hybridized carbons (Fsp3) is 0.625. The van der Waals surface area contributed by atoms with Gasteiger partial charge in [0.25, 0.3) is 5.91 Å². The second-order valence-corrected chi connectivity index (χ2v) is 6.15. The summed E-state index contributed by atoms with van der Waals surface area (Å²) in [6.07, 6.45) is 3.29. The van der Waals surface area contributed by atoms with E-state index in [1.165, 1.54) is 0 Å². The summed E-state index contributed by atoms with van der Waals surface area (Å²) in [6.45, 7) is 12.7. The molecule has 5 nitrogen and oxygen atoms in total. The molecule has 0 spiro atoms. The van der Waals surface area contributed by atoms with Crippen LogP contribution < -0.4 is 5.32 Å². The molecular weight excluding hydrogens is 264 g/mol. The molecule has 0 saturated carbocycles. The van der Waals surface area contributed by atoms with E-state index in [0.717, 1.165) is 32.7 Å². The number of nitrogens with one attached hydrogen (secondary N) is 1. The van der Waals surface area contributed by atoms with Crippen molar-refractivity contribution in [3.8, 4) is 0 Å². The van der Waals surface area contributed by atoms with E-state index in [9.17, 15) is 4.79 Å². The molecule has 5 heteroatoms. The number of piperazine rings is 1. The Hall–Kier alpha value is -1.46. The highest BCUT2D eigenvalue weighted by molar-refractivity contribution is 5.94. The van der Waals surface area contributed by atoms with Crippen LogP contribution in [0.2, 0.25) is 0 Å². The molecule has 0 radical (unpaired) electrons. The van der Waals surface area contributed by atoms with Crippen molar-refractivity contribution in [3.05, 3.63) is 30.1 Å². The van der Waals surface area contributed by atoms with Crippen molar-refractivity contribution in [1.82, 2.24) is 20.1 Å². The fourth-order valence-corrected chi connectivity index (χ4v) is 2.68. The maximum absolute atomic E-state index is 12.1. The Morgan fingerprint density at radius 3 is 2.43 bits per heavy atom. The zero-order chi connectivity index (χ0) is 15.3. The predicted molar refractivity (Wildman–Crippen MR) is 84.3 cm³/mol. The van der Waals surface area contributed by atoms with Crippen molar-refractivity contribution in [1.29, 1.82) is 0 Å². The van der Waals surface area contributed by atoms with E-state index in [-0.39, 0.29) is 11.4 Å². The van der Waals surface area contributed by atoms with E-state index in [2.05, 4.69) is 40.9 Å². The Labute approximate surface area is 127 Å². The SMILES string of the molecule is CCN1CCN(C(C)(C)CNC(=O)c2ccncc2)CC1. The summed E-state index contributed by atoms with van der Waals surface area (Å²) < 4.78 is 0. The summed E-state index contributed by atoms with van der Waals surface area (Å²) in [5.74, 6) is -0.0299. The highest BCUT2D eigenvalue weighted by Gasteiger charge is 2.29. The molecule has 0 atom stereocenters. The van der Waals surface area contributed by atoms with Gasteiger partial charge in [-0.25, -0.2) is 0 Å². The first-order valence-electron chi connectivity index (χ1n) is 7.68. The smallest absolute Gasteiger partial charge is 0.251 e. The number of amides is 1. The molecule has 0 aromatic carbocycles. The average molecular weight is 290 g/mol. The van der Waals surface area contributed by atoms with Crippen LogP contribution in [-0.2, 0) is 0 Å². The first-order chi connectivity index (χ1) is 10.0. The van der Waals surface area contributed by atoms with E-state index in [0.29, 0.717) is 12.1 Å². The van der Waals surface area contributed by atoms with Gasteiger partial charge in [-0.3, -0.25) is 14.7 Å². The molecule has 0 aliphatic carbocycles. The third-order valence-corrected chi connectivity index (χ3v) is 4.30. The zero-order valence-electron chi connectivity index (χ0n) is 13.3. The Bertz CT molecular complexity index is 453. The van der Waals surface area contributed by atoms with Gasteiger partial charge in [-0.1, -0.05) is 6.92 Å². The van der Waals surface area contributed by atoms with E-state index >= 15 is 0 Å². The lowest BCUT2D eigenvalue weighted by Gasteiger charge is -2.44. The third-order valence-electron chi connectivity index (χ3n) is 4.30. The molecule has 1 aromatic rings. The summed E-state index contributed by atoms with van der Waals surface area (Å²) in [7, 11) is 0. The van der Waals surface area contributed by atoms with Crippen LogP contribution in [0.15, 0.2) is 24.5 Å². The maximum Gasteiger partial charge on any atom is 0.251 e. The van der Waals surface area contributed by atoms with Gasteiger partial charge in [0.15, 0.2) is 0 Å². The van der Waals surface area contributed by atoms with Gasteiger partial charge in [0, 0.05) is 56.2 Å². The largest absolute Gasteiger partial charge is 0.350 e. The number of carbonyl (C=O) groups excluding carboxylic acids is 1. The summed E-state index contributed by atoms with van der Waals surface area (Å²) in [5.41, 5.74) is 0.638. The minimum atomic E-state index is -0.0299. The first kappa shape index (κ1) is 15.9. The van der Waals surface area contributed by atoms with E-state index in [1.807, 2.05) is 0 Å². The number of likely N-dealkylation sites (N-methyl/N-ethyl adjacent to an activating group) is 1. The molecule has 21 heavy (non-hydrogen) atoms. The van der Waals surface area contributed by atoms with Gasteiger partial charge in [-0.2, -0.15) is 0 Å². The molecule has 2 heterocycles. The van der Waals surface area contributed by atoms with Crippen LogP contribution in [0.4, 0.5) is 0 Å². The average Bonchev–Trinajstić information content (AvgIpc) is 2.53. The van der Waals surface area contributed by atoms with Gasteiger partial charge < -0.3 is 10.2 Å². The number of nitrogens with zero attached hydrogens (tertiary/aromatic N) is 3. The normalized spacial score (nSPS) is 17.7. The van der Waals surface area contributed by atoms with Gasteiger partial charge >= 0.3 is 0 Å². The van der Waals surface area contributed by atoms with E-state index in [1.54, 1.807) is 24.5 Å². The number of carbonyl (C=O) groups is 1. The molecule has 0 bridgehead atoms. The second-order valence-electron chi connectivity index (χ2n) is 6.15. The molecule has 116 valence electrons. The van der Waals surface area contributed by atoms with Crippen molar-refractivity contribution >= 4 is 5.91 Å². The van der Waals surface area contributed by atoms with Gasteiger partial charge in [0.2, 0.25) is 0 Å². The van der Waals surface area contributed by atoms with Crippen molar-refractivity contribution in [3.63, 3.8) is 0 Å². The predicted octanol–water partition coefficient (Wildman–Crippen LogP) is 1.23. The molecule has 1 fully saturated rings. The molecular formula is C16H26N4O. The summed E-state index contributed by atoms with van der Waals surface area (Å²) in [5, 5.41) is 3.04. The lowest BCUT2D eigenvalue weighted by atomic mass is 10.0. The van der Waals surface area contributed by atoms with Crippen molar-refractivity contribution in [2.45, 2.75) is 26.3 Å². The van der Waals surface area contributed by atoms with Crippen LogP contribution in [0, 0.1) is 0 Å². The summed E-state index contributed by atoms with van der Waals surface area (Å²) >= 11 is 0. The zero-order valence-corrected chi connectivity index (χ0v) is 13.3. The quantitative estimate of drug-likeness (QED) is 0.886. The van der Waals surface area contributed by atoms with Gasteiger partial charge in [0.05, 0.1) is 0 Å². The van der Waals surface area contributed by atoms with Gasteiger partial charge in [-0.15, -0.1) is 0 Å². The van der Waals surface area contributed by atoms with Gasteiger partial charge in [0.1, 0.15) is 0 Å². The van der Waals surface area contributed by atoms with Crippen LogP contribution in [-0.4, -0.2) is 65.5 Å². The van der Waals surface area contributed by atoms with Crippen LogP contribution in [0.1, 0.15) is 31.1 Å². The molecule has 0 unspecified atom stereocenters. The minimum Gasteiger partial charge on any atom is -0.350 e. The highest BCUT2D eigenvalue weighted by atomic mass is 16.1. The summed E-state index contributed by atoms with van der Waals surface area (Å²) in [6, 6.07) is 3.48. The van der Waals surface area contributed by atoms with Crippen molar-refractivity contribution in [2.75, 3.05) is 39.3 Å². The van der Waals surface area contributed by atoms with Crippen LogP contribution >= 0.6 is 0 Å². The van der Waals surface area contributed by atoms with Gasteiger partial charge in [-0.05, 0) is 32.5 Å². The molecule has 1 amide bonds. The molecule has 1 saturated heterocycles. The summed E-state index contributed by atoms with van der Waals surface area (Å²) in [4.78, 5) is 21.0. The first-order valence-corrected chi connectivity index (χ1v) is 7.68. The molecule has 1 N–H and O–H groups in total. The number of rotatable bonds is 5. The lowest BCUT2D eigenvalue weighted by Crippen LogP contribution is -2.58. The third kappa shape index (κ3) is 4.25.